The molecule has 0 atom stereocenters. The van der Waals surface area contributed by atoms with Gasteiger partial charge in [0, 0.05) is 0 Å². The summed E-state index contributed by atoms with van der Waals surface area (Å²) in [5.74, 6) is -4.50. The maximum atomic E-state index is 13.0. The van der Waals surface area contributed by atoms with E-state index in [4.69, 9.17) is 5.11 Å². The highest BCUT2D eigenvalue weighted by molar-refractivity contribution is 9.10. The van der Waals surface area contributed by atoms with Gasteiger partial charge in [0.1, 0.15) is 5.56 Å². The number of carboxylic acids is 1. The summed E-state index contributed by atoms with van der Waals surface area (Å²) in [7, 11) is 1.17. The fourth-order valence-electron chi connectivity index (χ4n) is 0.969. The van der Waals surface area contributed by atoms with Crippen molar-refractivity contribution in [1.29, 1.82) is 0 Å². The minimum Gasteiger partial charge on any atom is -0.495 e. The molecule has 0 aliphatic rings. The number of halogens is 3. The summed E-state index contributed by atoms with van der Waals surface area (Å²) in [5.41, 5.74) is -0.820. The van der Waals surface area contributed by atoms with E-state index in [1.807, 2.05) is 0 Å². The molecule has 0 fully saturated rings. The van der Waals surface area contributed by atoms with Crippen LogP contribution in [-0.4, -0.2) is 18.2 Å². The molecule has 0 aliphatic carbocycles. The van der Waals surface area contributed by atoms with Crippen LogP contribution in [0.2, 0.25) is 0 Å². The number of carboxylic acid groups (broad SMARTS) is 1. The number of rotatable bonds is 2. The number of ether oxygens (including phenoxy) is 1. The Morgan fingerprint density at radius 3 is 2.57 bits per heavy atom. The monoisotopic (exact) mass is 266 g/mol. The van der Waals surface area contributed by atoms with Crippen LogP contribution in [0, 0.1) is 11.6 Å². The van der Waals surface area contributed by atoms with E-state index >= 15 is 0 Å². The van der Waals surface area contributed by atoms with Gasteiger partial charge in [-0.15, -0.1) is 0 Å². The molecule has 0 amide bonds. The number of carbonyl (C=O) groups is 1. The van der Waals surface area contributed by atoms with Gasteiger partial charge in [-0.25, -0.2) is 13.6 Å². The van der Waals surface area contributed by atoms with Crippen LogP contribution in [0.4, 0.5) is 8.78 Å². The van der Waals surface area contributed by atoms with Gasteiger partial charge in [0.2, 0.25) is 0 Å². The van der Waals surface area contributed by atoms with E-state index in [1.165, 1.54) is 7.11 Å². The molecule has 0 radical (unpaired) electrons. The van der Waals surface area contributed by atoms with E-state index in [1.54, 1.807) is 0 Å². The molecule has 0 bridgehead atoms. The molecule has 0 aliphatic heterocycles. The molecule has 1 N–H and O–H groups in total. The average molecular weight is 267 g/mol. The topological polar surface area (TPSA) is 46.5 Å². The number of aromatic carboxylic acids is 1. The minimum absolute atomic E-state index is 0.0521. The number of hydrogen-bond donors (Lipinski definition) is 1. The van der Waals surface area contributed by atoms with Crippen LogP contribution in [0.1, 0.15) is 10.4 Å². The van der Waals surface area contributed by atoms with E-state index in [0.29, 0.717) is 0 Å². The van der Waals surface area contributed by atoms with Gasteiger partial charge in [-0.1, -0.05) is 0 Å². The fourth-order valence-corrected chi connectivity index (χ4v) is 1.53. The Bertz CT molecular complexity index is 393. The zero-order chi connectivity index (χ0) is 10.9. The van der Waals surface area contributed by atoms with E-state index in [9.17, 15) is 13.6 Å². The van der Waals surface area contributed by atoms with Crippen LogP contribution in [0.5, 0.6) is 5.75 Å². The van der Waals surface area contributed by atoms with Crippen molar-refractivity contribution < 1.29 is 23.4 Å². The summed E-state index contributed by atoms with van der Waals surface area (Å²) >= 11 is 2.87. The van der Waals surface area contributed by atoms with Crippen LogP contribution in [-0.2, 0) is 0 Å². The zero-order valence-corrected chi connectivity index (χ0v) is 8.56. The number of methoxy groups -OCH3 is 1. The average Bonchev–Trinajstić information content (AvgIpc) is 2.10. The predicted octanol–water partition coefficient (Wildman–Crippen LogP) is 2.43. The molecular formula is C8H5BrF2O3. The molecule has 0 spiro atoms. The molecule has 0 unspecified atom stereocenters. The summed E-state index contributed by atoms with van der Waals surface area (Å²) in [6, 6.07) is 0.806. The Hall–Kier alpha value is -1.17. The third kappa shape index (κ3) is 1.70. The summed E-state index contributed by atoms with van der Waals surface area (Å²) < 4.78 is 30.5. The summed E-state index contributed by atoms with van der Waals surface area (Å²) in [5, 5.41) is 8.62. The summed E-state index contributed by atoms with van der Waals surface area (Å²) in [4.78, 5) is 10.6. The Balaban J connectivity index is 3.56. The molecule has 0 saturated heterocycles. The molecule has 0 aromatic heterocycles. The molecule has 14 heavy (non-hydrogen) atoms. The second-order valence-corrected chi connectivity index (χ2v) is 3.22. The lowest BCUT2D eigenvalue weighted by Gasteiger charge is -2.08. The van der Waals surface area contributed by atoms with E-state index in [2.05, 4.69) is 20.7 Å². The third-order valence-corrected chi connectivity index (χ3v) is 2.13. The highest BCUT2D eigenvalue weighted by Crippen LogP contribution is 2.32. The van der Waals surface area contributed by atoms with E-state index in [0.717, 1.165) is 6.07 Å². The van der Waals surface area contributed by atoms with Gasteiger partial charge >= 0.3 is 5.97 Å². The molecule has 1 aromatic rings. The first-order valence-corrected chi connectivity index (χ1v) is 4.23. The Morgan fingerprint density at radius 1 is 1.57 bits per heavy atom. The minimum atomic E-state index is -1.58. The Morgan fingerprint density at radius 2 is 2.14 bits per heavy atom. The van der Waals surface area contributed by atoms with Crippen LogP contribution in [0.3, 0.4) is 0 Å². The standard InChI is InChI=1S/C8H5BrF2O3/c1-14-7-3(9)2-4(10)6(11)5(7)8(12)13/h2H,1H3,(H,12,13). The molecule has 6 heteroatoms. The van der Waals surface area contributed by atoms with Crippen LogP contribution >= 0.6 is 15.9 Å². The second kappa shape index (κ2) is 3.91. The maximum Gasteiger partial charge on any atom is 0.342 e. The SMILES string of the molecule is COc1c(Br)cc(F)c(F)c1C(=O)O. The van der Waals surface area contributed by atoms with Crippen LogP contribution in [0.25, 0.3) is 0 Å². The molecule has 0 heterocycles. The maximum absolute atomic E-state index is 13.0. The largest absolute Gasteiger partial charge is 0.495 e. The van der Waals surface area contributed by atoms with Crippen molar-refractivity contribution in [1.82, 2.24) is 0 Å². The van der Waals surface area contributed by atoms with Gasteiger partial charge in [0.25, 0.3) is 0 Å². The van der Waals surface area contributed by atoms with E-state index < -0.39 is 23.2 Å². The number of benzene rings is 1. The van der Waals surface area contributed by atoms with Gasteiger partial charge in [-0.05, 0) is 22.0 Å². The van der Waals surface area contributed by atoms with Gasteiger partial charge in [0.05, 0.1) is 11.6 Å². The first kappa shape index (κ1) is 10.9. The molecular weight excluding hydrogens is 262 g/mol. The molecule has 1 rings (SSSR count). The first-order chi connectivity index (χ1) is 6.49. The van der Waals surface area contributed by atoms with Crippen molar-refractivity contribution in [3.8, 4) is 5.75 Å². The van der Waals surface area contributed by atoms with Crippen molar-refractivity contribution in [2.24, 2.45) is 0 Å². The van der Waals surface area contributed by atoms with Crippen LogP contribution in [0.15, 0.2) is 10.5 Å². The Labute approximate surface area is 86.4 Å². The highest BCUT2D eigenvalue weighted by Gasteiger charge is 2.23. The lowest BCUT2D eigenvalue weighted by Crippen LogP contribution is -2.06. The molecule has 0 saturated carbocycles. The second-order valence-electron chi connectivity index (χ2n) is 2.37. The number of hydrogen-bond acceptors (Lipinski definition) is 2. The van der Waals surface area contributed by atoms with E-state index in [-0.39, 0.29) is 10.2 Å². The lowest BCUT2D eigenvalue weighted by molar-refractivity contribution is 0.0686. The summed E-state index contributed by atoms with van der Waals surface area (Å²) in [6.45, 7) is 0. The highest BCUT2D eigenvalue weighted by atomic mass is 79.9. The van der Waals surface area contributed by atoms with Crippen molar-refractivity contribution in [2.45, 2.75) is 0 Å². The fraction of sp³-hybridized carbons (Fsp3) is 0.125. The van der Waals surface area contributed by atoms with Gasteiger partial charge in [0.15, 0.2) is 17.4 Å². The van der Waals surface area contributed by atoms with Crippen LogP contribution < -0.4 is 4.74 Å². The smallest absolute Gasteiger partial charge is 0.342 e. The van der Waals surface area contributed by atoms with Crippen molar-refractivity contribution >= 4 is 21.9 Å². The lowest BCUT2D eigenvalue weighted by atomic mass is 10.2. The van der Waals surface area contributed by atoms with Gasteiger partial charge in [-0.3, -0.25) is 0 Å². The quantitative estimate of drug-likeness (QED) is 0.837. The first-order valence-electron chi connectivity index (χ1n) is 3.43. The summed E-state index contributed by atoms with van der Waals surface area (Å²) in [6.07, 6.45) is 0. The van der Waals surface area contributed by atoms with Crippen molar-refractivity contribution in [2.75, 3.05) is 7.11 Å². The van der Waals surface area contributed by atoms with Crippen molar-refractivity contribution in [3.63, 3.8) is 0 Å². The Kier molecular flexibility index (Phi) is 3.05. The molecule has 1 aromatic carbocycles. The van der Waals surface area contributed by atoms with Gasteiger partial charge in [-0.2, -0.15) is 0 Å². The third-order valence-electron chi connectivity index (χ3n) is 1.54. The normalized spacial score (nSPS) is 10.0. The van der Waals surface area contributed by atoms with Gasteiger partial charge < -0.3 is 9.84 Å². The van der Waals surface area contributed by atoms with Crippen molar-refractivity contribution in [3.05, 3.63) is 27.7 Å². The predicted molar refractivity (Wildman–Crippen MR) is 47.6 cm³/mol. The zero-order valence-electron chi connectivity index (χ0n) is 6.97. The molecule has 76 valence electrons. The molecule has 3 nitrogen and oxygen atoms in total.